The maximum absolute atomic E-state index is 11.6. The molecule has 84 valence electrons. The molecule has 1 aromatic heterocycles. The van der Waals surface area contributed by atoms with Crippen molar-refractivity contribution in [1.82, 2.24) is 4.98 Å². The molecule has 0 aliphatic rings. The number of ether oxygens (including phenoxy) is 1. The number of carbonyl (C=O) groups is 1. The van der Waals surface area contributed by atoms with Crippen LogP contribution in [0.15, 0.2) is 18.3 Å². The Hall–Kier alpha value is -1.82. The zero-order chi connectivity index (χ0) is 12.2. The van der Waals surface area contributed by atoms with Crippen LogP contribution in [0, 0.1) is 11.8 Å². The van der Waals surface area contributed by atoms with Crippen LogP contribution in [0.4, 0.5) is 0 Å². The van der Waals surface area contributed by atoms with E-state index in [1.807, 2.05) is 20.8 Å². The maximum Gasteiger partial charge on any atom is 0.340 e. The number of rotatable bonds is 1. The summed E-state index contributed by atoms with van der Waals surface area (Å²) in [7, 11) is 0. The number of nitrogens with zero attached hydrogens (tertiary/aromatic N) is 1. The molecule has 0 bridgehead atoms. The molecule has 1 rings (SSSR count). The molecule has 0 saturated heterocycles. The Morgan fingerprint density at radius 1 is 1.38 bits per heavy atom. The zero-order valence-corrected chi connectivity index (χ0v) is 10.00. The topological polar surface area (TPSA) is 39.2 Å². The lowest BCUT2D eigenvalue weighted by atomic mass is 10.2. The van der Waals surface area contributed by atoms with Crippen molar-refractivity contribution in [2.45, 2.75) is 33.3 Å². The van der Waals surface area contributed by atoms with E-state index >= 15 is 0 Å². The quantitative estimate of drug-likeness (QED) is 0.535. The van der Waals surface area contributed by atoms with Crippen molar-refractivity contribution in [3.63, 3.8) is 0 Å². The van der Waals surface area contributed by atoms with Crippen LogP contribution in [0.5, 0.6) is 0 Å². The molecule has 1 aromatic rings. The first-order valence-corrected chi connectivity index (χ1v) is 5.04. The predicted molar refractivity (Wildman–Crippen MR) is 62.0 cm³/mol. The summed E-state index contributed by atoms with van der Waals surface area (Å²) in [5.74, 6) is 5.19. The maximum atomic E-state index is 11.6. The molecule has 16 heavy (non-hydrogen) atoms. The molecule has 0 atom stereocenters. The number of esters is 1. The Balaban J connectivity index is 2.81. The van der Waals surface area contributed by atoms with E-state index in [9.17, 15) is 4.79 Å². The predicted octanol–water partition coefficient (Wildman–Crippen LogP) is 2.41. The molecule has 0 spiro atoms. The third-order valence-corrected chi connectivity index (χ3v) is 1.65. The smallest absolute Gasteiger partial charge is 0.340 e. The molecule has 3 nitrogen and oxygen atoms in total. The van der Waals surface area contributed by atoms with E-state index in [2.05, 4.69) is 16.8 Å². The third-order valence-electron chi connectivity index (χ3n) is 1.65. The molecule has 0 N–H and O–H groups in total. The average Bonchev–Trinajstić information content (AvgIpc) is 2.16. The molecule has 0 aliphatic carbocycles. The van der Waals surface area contributed by atoms with Gasteiger partial charge in [-0.1, -0.05) is 5.92 Å². The Bertz CT molecular complexity index is 430. The molecular weight excluding hydrogens is 202 g/mol. The van der Waals surface area contributed by atoms with Crippen LogP contribution in [-0.2, 0) is 4.74 Å². The van der Waals surface area contributed by atoms with Crippen molar-refractivity contribution in [3.05, 3.63) is 29.6 Å². The van der Waals surface area contributed by atoms with E-state index in [0.29, 0.717) is 11.3 Å². The largest absolute Gasteiger partial charge is 0.456 e. The van der Waals surface area contributed by atoms with Crippen molar-refractivity contribution in [3.8, 4) is 11.8 Å². The van der Waals surface area contributed by atoms with Gasteiger partial charge in [-0.15, -0.1) is 0 Å². The monoisotopic (exact) mass is 217 g/mol. The molecule has 0 aliphatic heterocycles. The van der Waals surface area contributed by atoms with Gasteiger partial charge in [-0.3, -0.25) is 0 Å². The highest BCUT2D eigenvalue weighted by atomic mass is 16.6. The van der Waals surface area contributed by atoms with Gasteiger partial charge in [-0.05, 0) is 45.7 Å². The lowest BCUT2D eigenvalue weighted by Crippen LogP contribution is -2.23. The van der Waals surface area contributed by atoms with E-state index in [1.165, 1.54) is 6.20 Å². The Morgan fingerprint density at radius 2 is 2.06 bits per heavy atom. The lowest BCUT2D eigenvalue weighted by Gasteiger charge is -2.19. The molecule has 0 amide bonds. The van der Waals surface area contributed by atoms with Crippen LogP contribution in [0.2, 0.25) is 0 Å². The minimum atomic E-state index is -0.487. The Labute approximate surface area is 95.8 Å². The number of carbonyl (C=O) groups excluding carboxylic acids is 1. The first-order chi connectivity index (χ1) is 7.42. The van der Waals surface area contributed by atoms with Crippen LogP contribution in [-0.4, -0.2) is 16.6 Å². The number of aromatic nitrogens is 1. The summed E-state index contributed by atoms with van der Waals surface area (Å²) in [5, 5.41) is 0. The Morgan fingerprint density at radius 3 is 2.50 bits per heavy atom. The molecule has 3 heteroatoms. The average molecular weight is 217 g/mol. The summed E-state index contributed by atoms with van der Waals surface area (Å²) < 4.78 is 5.21. The summed E-state index contributed by atoms with van der Waals surface area (Å²) in [4.78, 5) is 15.7. The highest BCUT2D eigenvalue weighted by Gasteiger charge is 2.17. The second-order valence-electron chi connectivity index (χ2n) is 4.31. The fraction of sp³-hybridized carbons (Fsp3) is 0.385. The van der Waals surface area contributed by atoms with Crippen molar-refractivity contribution in [1.29, 1.82) is 0 Å². The fourth-order valence-electron chi connectivity index (χ4n) is 1.05. The number of hydrogen-bond acceptors (Lipinski definition) is 3. The van der Waals surface area contributed by atoms with Gasteiger partial charge >= 0.3 is 5.97 Å². The van der Waals surface area contributed by atoms with Gasteiger partial charge in [0, 0.05) is 6.20 Å². The Kier molecular flexibility index (Phi) is 3.68. The van der Waals surface area contributed by atoms with Gasteiger partial charge in [-0.2, -0.15) is 0 Å². The molecule has 0 radical (unpaired) electrons. The summed E-state index contributed by atoms with van der Waals surface area (Å²) in [6.07, 6.45) is 1.48. The summed E-state index contributed by atoms with van der Waals surface area (Å²) in [5.41, 5.74) is 0.602. The molecular formula is C13H15NO2. The van der Waals surface area contributed by atoms with Crippen molar-refractivity contribution < 1.29 is 9.53 Å². The highest BCUT2D eigenvalue weighted by molar-refractivity contribution is 5.89. The minimum Gasteiger partial charge on any atom is -0.456 e. The van der Waals surface area contributed by atoms with Crippen molar-refractivity contribution in [2.24, 2.45) is 0 Å². The van der Waals surface area contributed by atoms with E-state index in [0.717, 1.165) is 0 Å². The van der Waals surface area contributed by atoms with Gasteiger partial charge in [0.15, 0.2) is 0 Å². The summed E-state index contributed by atoms with van der Waals surface area (Å²) in [6, 6.07) is 3.37. The minimum absolute atomic E-state index is 0.365. The fourth-order valence-corrected chi connectivity index (χ4v) is 1.05. The third kappa shape index (κ3) is 3.74. The zero-order valence-electron chi connectivity index (χ0n) is 10.00. The SMILES string of the molecule is CC#Cc1ccc(C(=O)OC(C)(C)C)cn1. The second-order valence-corrected chi connectivity index (χ2v) is 4.31. The highest BCUT2D eigenvalue weighted by Crippen LogP contribution is 2.11. The number of hydrogen-bond donors (Lipinski definition) is 0. The van der Waals surface area contributed by atoms with Crippen LogP contribution in [0.3, 0.4) is 0 Å². The van der Waals surface area contributed by atoms with Crippen LogP contribution in [0.25, 0.3) is 0 Å². The standard InChI is InChI=1S/C13H15NO2/c1-5-6-11-8-7-10(9-14-11)12(15)16-13(2,3)4/h7-9H,1-4H3. The van der Waals surface area contributed by atoms with E-state index in [4.69, 9.17) is 4.74 Å². The van der Waals surface area contributed by atoms with Crippen LogP contribution in [0.1, 0.15) is 43.7 Å². The van der Waals surface area contributed by atoms with Gasteiger partial charge in [-0.25, -0.2) is 9.78 Å². The van der Waals surface area contributed by atoms with Gasteiger partial charge < -0.3 is 4.74 Å². The van der Waals surface area contributed by atoms with Gasteiger partial charge in [0.25, 0.3) is 0 Å². The van der Waals surface area contributed by atoms with Crippen molar-refractivity contribution in [2.75, 3.05) is 0 Å². The molecule has 1 heterocycles. The lowest BCUT2D eigenvalue weighted by molar-refractivity contribution is 0.00691. The van der Waals surface area contributed by atoms with E-state index < -0.39 is 5.60 Å². The summed E-state index contributed by atoms with van der Waals surface area (Å²) in [6.45, 7) is 7.23. The first-order valence-electron chi connectivity index (χ1n) is 5.04. The van der Waals surface area contributed by atoms with Crippen LogP contribution < -0.4 is 0 Å². The van der Waals surface area contributed by atoms with Gasteiger partial charge in [0.05, 0.1) is 5.56 Å². The summed E-state index contributed by atoms with van der Waals surface area (Å²) >= 11 is 0. The molecule has 0 fully saturated rings. The molecule has 0 aromatic carbocycles. The number of pyridine rings is 1. The van der Waals surface area contributed by atoms with E-state index in [1.54, 1.807) is 19.1 Å². The van der Waals surface area contributed by atoms with Crippen molar-refractivity contribution >= 4 is 5.97 Å². The van der Waals surface area contributed by atoms with E-state index in [-0.39, 0.29) is 5.97 Å². The normalized spacial score (nSPS) is 10.2. The molecule has 0 saturated carbocycles. The van der Waals surface area contributed by atoms with Gasteiger partial charge in [0.1, 0.15) is 11.3 Å². The van der Waals surface area contributed by atoms with Crippen LogP contribution >= 0.6 is 0 Å². The molecule has 0 unspecified atom stereocenters. The van der Waals surface area contributed by atoms with Gasteiger partial charge in [0.2, 0.25) is 0 Å². The first kappa shape index (κ1) is 12.3. The second kappa shape index (κ2) is 4.80.